The molecule has 0 unspecified atom stereocenters. The average Bonchev–Trinajstić information content (AvgIpc) is 3.30. The maximum absolute atomic E-state index is 12.9. The molecule has 132 valence electrons. The number of benzene rings is 1. The maximum Gasteiger partial charge on any atom is 0.269 e. The van der Waals surface area contributed by atoms with E-state index in [4.69, 9.17) is 4.42 Å². The zero-order valence-corrected chi connectivity index (χ0v) is 15.8. The fraction of sp³-hybridized carbons (Fsp3) is 0.353. The van der Waals surface area contributed by atoms with Gasteiger partial charge >= 0.3 is 0 Å². The van der Waals surface area contributed by atoms with E-state index in [-0.39, 0.29) is 23.0 Å². The number of carbonyl (C=O) groups is 1. The average molecular weight is 425 g/mol. The van der Waals surface area contributed by atoms with Crippen molar-refractivity contribution in [2.24, 2.45) is 0 Å². The summed E-state index contributed by atoms with van der Waals surface area (Å²) in [5.41, 5.74) is 0.217. The van der Waals surface area contributed by atoms with Gasteiger partial charge in [-0.1, -0.05) is 15.9 Å². The Hall–Kier alpha value is -1.64. The minimum absolute atomic E-state index is 0.0565. The number of sulfonamides is 1. The summed E-state index contributed by atoms with van der Waals surface area (Å²) in [7, 11) is -3.83. The molecular formula is C17H17BrN2O4S. The molecule has 1 amide bonds. The van der Waals surface area contributed by atoms with Crippen molar-refractivity contribution in [2.45, 2.75) is 23.8 Å². The van der Waals surface area contributed by atoms with Crippen molar-refractivity contribution in [3.05, 3.63) is 52.4 Å². The van der Waals surface area contributed by atoms with Crippen molar-refractivity contribution >= 4 is 31.9 Å². The van der Waals surface area contributed by atoms with Crippen LogP contribution in [0.3, 0.4) is 0 Å². The summed E-state index contributed by atoms with van der Waals surface area (Å²) in [6.45, 7) is 1.79. The third-order valence-corrected chi connectivity index (χ3v) is 7.06. The van der Waals surface area contributed by atoms with E-state index in [0.29, 0.717) is 10.2 Å². The molecule has 1 aromatic heterocycles. The Kier molecular flexibility index (Phi) is 4.21. The first kappa shape index (κ1) is 16.8. The van der Waals surface area contributed by atoms with Crippen LogP contribution in [0.4, 0.5) is 0 Å². The van der Waals surface area contributed by atoms with Gasteiger partial charge in [-0.05, 0) is 56.3 Å². The molecule has 1 saturated heterocycles. The van der Waals surface area contributed by atoms with Crippen LogP contribution in [0.5, 0.6) is 0 Å². The summed E-state index contributed by atoms with van der Waals surface area (Å²) in [5.74, 6) is 0.203. The standard InChI is InChI=1S/C17H17BrN2O4S/c18-12-5-6-16-13(10-12)17(21)20(25(16,22)23)11-14(15-4-3-9-24-15)19-7-1-2-8-19/h3-6,9-10,14H,1-2,7-8,11H2/t14-/m1/s1. The van der Waals surface area contributed by atoms with Crippen molar-refractivity contribution in [3.63, 3.8) is 0 Å². The van der Waals surface area contributed by atoms with Crippen molar-refractivity contribution in [3.8, 4) is 0 Å². The van der Waals surface area contributed by atoms with Crippen LogP contribution in [-0.2, 0) is 10.0 Å². The minimum Gasteiger partial charge on any atom is -0.468 e. The number of amides is 1. The lowest BCUT2D eigenvalue weighted by Gasteiger charge is -2.29. The molecule has 2 aliphatic rings. The highest BCUT2D eigenvalue weighted by Gasteiger charge is 2.43. The monoisotopic (exact) mass is 424 g/mol. The first-order valence-electron chi connectivity index (χ1n) is 8.12. The van der Waals surface area contributed by atoms with Crippen LogP contribution in [0.2, 0.25) is 0 Å². The van der Waals surface area contributed by atoms with Gasteiger partial charge in [0.15, 0.2) is 0 Å². The number of halogens is 1. The summed E-state index contributed by atoms with van der Waals surface area (Å²) in [6.07, 6.45) is 3.70. The Bertz CT molecular complexity index is 905. The second-order valence-corrected chi connectivity index (χ2v) is 9.00. The van der Waals surface area contributed by atoms with Gasteiger partial charge < -0.3 is 4.42 Å². The number of furan rings is 1. The molecule has 6 nitrogen and oxygen atoms in total. The van der Waals surface area contributed by atoms with Crippen LogP contribution in [0.25, 0.3) is 0 Å². The van der Waals surface area contributed by atoms with E-state index in [0.717, 1.165) is 30.2 Å². The summed E-state index contributed by atoms with van der Waals surface area (Å²) < 4.78 is 32.9. The Labute approximate surface area is 154 Å². The highest BCUT2D eigenvalue weighted by atomic mass is 79.9. The van der Waals surface area contributed by atoms with Crippen molar-refractivity contribution in [1.29, 1.82) is 0 Å². The summed E-state index contributed by atoms with van der Waals surface area (Å²) in [6, 6.07) is 8.02. The first-order chi connectivity index (χ1) is 12.0. The number of hydrogen-bond donors (Lipinski definition) is 0. The minimum atomic E-state index is -3.83. The van der Waals surface area contributed by atoms with Crippen LogP contribution in [-0.4, -0.2) is 43.2 Å². The molecule has 0 bridgehead atoms. The largest absolute Gasteiger partial charge is 0.468 e. The lowest BCUT2D eigenvalue weighted by atomic mass is 10.1. The van der Waals surface area contributed by atoms with Gasteiger partial charge in [-0.2, -0.15) is 0 Å². The predicted molar refractivity (Wildman–Crippen MR) is 94.6 cm³/mol. The lowest BCUT2D eigenvalue weighted by Crippen LogP contribution is -2.39. The predicted octanol–water partition coefficient (Wildman–Crippen LogP) is 3.02. The highest BCUT2D eigenvalue weighted by molar-refractivity contribution is 9.10. The Balaban J connectivity index is 1.70. The van der Waals surface area contributed by atoms with Gasteiger partial charge in [0, 0.05) is 4.47 Å². The molecule has 0 spiro atoms. The van der Waals surface area contributed by atoms with Crippen molar-refractivity contribution in [1.82, 2.24) is 9.21 Å². The number of hydrogen-bond acceptors (Lipinski definition) is 5. The summed E-state index contributed by atoms with van der Waals surface area (Å²) >= 11 is 3.30. The third-order valence-electron chi connectivity index (χ3n) is 4.76. The molecule has 1 atom stereocenters. The van der Waals surface area contributed by atoms with Crippen LogP contribution < -0.4 is 0 Å². The van der Waals surface area contributed by atoms with Crippen LogP contribution in [0.15, 0.2) is 50.4 Å². The molecule has 0 aliphatic carbocycles. The number of rotatable bonds is 4. The van der Waals surface area contributed by atoms with E-state index in [1.54, 1.807) is 24.5 Å². The van der Waals surface area contributed by atoms with Crippen LogP contribution in [0.1, 0.15) is 35.0 Å². The number of fused-ring (bicyclic) bond motifs is 1. The quantitative estimate of drug-likeness (QED) is 0.753. The molecule has 4 rings (SSSR count). The van der Waals surface area contributed by atoms with Crippen LogP contribution >= 0.6 is 15.9 Å². The topological polar surface area (TPSA) is 70.8 Å². The van der Waals surface area contributed by atoms with E-state index in [1.165, 1.54) is 6.07 Å². The summed E-state index contributed by atoms with van der Waals surface area (Å²) in [4.78, 5) is 15.0. The molecule has 2 aromatic rings. The molecule has 0 N–H and O–H groups in total. The molecule has 3 heterocycles. The molecule has 1 fully saturated rings. The fourth-order valence-corrected chi connectivity index (χ4v) is 5.43. The van der Waals surface area contributed by atoms with Crippen molar-refractivity contribution in [2.75, 3.05) is 19.6 Å². The zero-order chi connectivity index (χ0) is 17.6. The molecule has 25 heavy (non-hydrogen) atoms. The second-order valence-electron chi connectivity index (χ2n) is 6.26. The molecule has 2 aliphatic heterocycles. The molecule has 1 aromatic carbocycles. The molecule has 0 radical (unpaired) electrons. The highest BCUT2D eigenvalue weighted by Crippen LogP contribution is 2.35. The van der Waals surface area contributed by atoms with Gasteiger partial charge in [0.05, 0.1) is 24.4 Å². The number of carbonyl (C=O) groups excluding carboxylic acids is 1. The normalized spacial score (nSPS) is 20.8. The second kappa shape index (κ2) is 6.26. The van der Waals surface area contributed by atoms with Gasteiger partial charge in [-0.25, -0.2) is 12.7 Å². The van der Waals surface area contributed by atoms with Crippen LogP contribution in [0, 0.1) is 0 Å². The van der Waals surface area contributed by atoms with Gasteiger partial charge in [-0.15, -0.1) is 0 Å². The van der Waals surface area contributed by atoms with E-state index in [2.05, 4.69) is 20.8 Å². The maximum atomic E-state index is 12.9. The van der Waals surface area contributed by atoms with Gasteiger partial charge in [0.25, 0.3) is 15.9 Å². The molecular weight excluding hydrogens is 408 g/mol. The van der Waals surface area contributed by atoms with Gasteiger partial charge in [0.2, 0.25) is 0 Å². The van der Waals surface area contributed by atoms with E-state index in [9.17, 15) is 13.2 Å². The zero-order valence-electron chi connectivity index (χ0n) is 13.4. The van der Waals surface area contributed by atoms with Gasteiger partial charge in [-0.3, -0.25) is 9.69 Å². The van der Waals surface area contributed by atoms with Gasteiger partial charge in [0.1, 0.15) is 10.7 Å². The Morgan fingerprint density at radius 2 is 1.96 bits per heavy atom. The van der Waals surface area contributed by atoms with E-state index in [1.807, 2.05) is 6.07 Å². The lowest BCUT2D eigenvalue weighted by molar-refractivity contribution is 0.0828. The van der Waals surface area contributed by atoms with Crippen molar-refractivity contribution < 1.29 is 17.6 Å². The SMILES string of the molecule is O=C1c2cc(Br)ccc2S(=O)(=O)N1C[C@H](c1ccco1)N1CCCC1. The fourth-order valence-electron chi connectivity index (χ4n) is 3.51. The molecule has 8 heteroatoms. The molecule has 0 saturated carbocycles. The Morgan fingerprint density at radius 1 is 1.20 bits per heavy atom. The summed E-state index contributed by atoms with van der Waals surface area (Å²) in [5, 5.41) is 0. The van der Waals surface area contributed by atoms with E-state index < -0.39 is 15.9 Å². The number of likely N-dealkylation sites (tertiary alicyclic amines) is 1. The first-order valence-corrected chi connectivity index (χ1v) is 10.4. The smallest absolute Gasteiger partial charge is 0.269 e. The third kappa shape index (κ3) is 2.82. The number of nitrogens with zero attached hydrogens (tertiary/aromatic N) is 2. The van der Waals surface area contributed by atoms with E-state index >= 15 is 0 Å². The Morgan fingerprint density at radius 3 is 2.64 bits per heavy atom.